The van der Waals surface area contributed by atoms with Crippen molar-refractivity contribution in [1.29, 1.82) is 5.26 Å². The number of nitrogens with zero attached hydrogens (tertiary/aromatic N) is 4. The Morgan fingerprint density at radius 3 is 2.75 bits per heavy atom. The number of nitriles is 1. The summed E-state index contributed by atoms with van der Waals surface area (Å²) in [5, 5.41) is 16.7. The Kier molecular flexibility index (Phi) is 5.42. The number of carbonyl (C=O) groups is 1. The van der Waals surface area contributed by atoms with Crippen LogP contribution in [-0.4, -0.2) is 29.3 Å². The molecule has 1 aromatic heterocycles. The molecule has 0 N–H and O–H groups in total. The van der Waals surface area contributed by atoms with E-state index in [1.807, 2.05) is 25.1 Å². The van der Waals surface area contributed by atoms with Crippen molar-refractivity contribution >= 4 is 17.4 Å². The smallest absolute Gasteiger partial charge is 0.356 e. The number of anilines is 1. The number of esters is 1. The van der Waals surface area contributed by atoms with E-state index in [4.69, 9.17) is 9.84 Å². The first-order valence-corrected chi connectivity index (χ1v) is 11.7. The molecule has 164 valence electrons. The first kappa shape index (κ1) is 20.7. The van der Waals surface area contributed by atoms with E-state index in [1.165, 1.54) is 25.7 Å². The van der Waals surface area contributed by atoms with Crippen molar-refractivity contribution in [2.24, 2.45) is 16.9 Å². The molecule has 5 rings (SSSR count). The van der Waals surface area contributed by atoms with Gasteiger partial charge in [-0.15, -0.1) is 0 Å². The van der Waals surface area contributed by atoms with Gasteiger partial charge in [-0.05, 0) is 81.3 Å². The van der Waals surface area contributed by atoms with Crippen LogP contribution in [-0.2, 0) is 11.2 Å². The molecule has 6 nitrogen and oxygen atoms in total. The van der Waals surface area contributed by atoms with Gasteiger partial charge >= 0.3 is 5.97 Å². The zero-order valence-corrected chi connectivity index (χ0v) is 18.7. The van der Waals surface area contributed by atoms with Crippen LogP contribution >= 0.6 is 0 Å². The van der Waals surface area contributed by atoms with E-state index >= 15 is 0 Å². The molecular formula is C26H28N4O2. The highest BCUT2D eigenvalue weighted by atomic mass is 16.5. The number of rotatable bonds is 4. The van der Waals surface area contributed by atoms with Gasteiger partial charge in [0.05, 0.1) is 41.4 Å². The van der Waals surface area contributed by atoms with E-state index < -0.39 is 0 Å². The summed E-state index contributed by atoms with van der Waals surface area (Å²) in [6.45, 7) is 4.13. The Balaban J connectivity index is 1.55. The third-order valence-electron chi connectivity index (χ3n) is 7.17. The number of hydrogen-bond acceptors (Lipinski definition) is 6. The molecule has 0 unspecified atom stereocenters. The fraction of sp³-hybridized carbons (Fsp3) is 0.462. The number of hydrogen-bond donors (Lipinski definition) is 0. The average Bonchev–Trinajstić information content (AvgIpc) is 3.46. The number of aromatic nitrogens is 1. The van der Waals surface area contributed by atoms with Gasteiger partial charge in [0.1, 0.15) is 5.69 Å². The maximum Gasteiger partial charge on any atom is 0.356 e. The second kappa shape index (κ2) is 8.38. The Bertz CT molecular complexity index is 1130. The second-order valence-corrected chi connectivity index (χ2v) is 9.03. The molecule has 1 aliphatic heterocycles. The molecule has 1 aromatic carbocycles. The quantitative estimate of drug-likeness (QED) is 0.655. The molecule has 0 spiro atoms. The van der Waals surface area contributed by atoms with E-state index in [9.17, 15) is 10.1 Å². The molecule has 1 saturated carbocycles. The zero-order valence-electron chi connectivity index (χ0n) is 18.7. The van der Waals surface area contributed by atoms with E-state index in [-0.39, 0.29) is 5.97 Å². The monoisotopic (exact) mass is 428 g/mol. The first-order valence-electron chi connectivity index (χ1n) is 11.7. The second-order valence-electron chi connectivity index (χ2n) is 9.03. The third-order valence-corrected chi connectivity index (χ3v) is 7.17. The van der Waals surface area contributed by atoms with Crippen molar-refractivity contribution in [3.05, 3.63) is 58.4 Å². The van der Waals surface area contributed by atoms with E-state index in [1.54, 1.807) is 13.0 Å². The fourth-order valence-corrected chi connectivity index (χ4v) is 5.66. The third kappa shape index (κ3) is 3.46. The van der Waals surface area contributed by atoms with Crippen molar-refractivity contribution in [1.82, 2.24) is 4.98 Å². The summed E-state index contributed by atoms with van der Waals surface area (Å²) in [6, 6.07) is 12.4. The summed E-state index contributed by atoms with van der Waals surface area (Å²) < 4.78 is 5.13. The minimum Gasteiger partial charge on any atom is -0.461 e. The molecule has 0 bridgehead atoms. The van der Waals surface area contributed by atoms with Crippen LogP contribution in [0.2, 0.25) is 0 Å². The highest BCUT2D eigenvalue weighted by Crippen LogP contribution is 2.44. The zero-order chi connectivity index (χ0) is 22.2. The molecule has 2 atom stereocenters. The van der Waals surface area contributed by atoms with E-state index in [0.29, 0.717) is 35.7 Å². The maximum absolute atomic E-state index is 12.2. The molecule has 6 heteroatoms. The number of fused-ring (bicyclic) bond motifs is 3. The highest BCUT2D eigenvalue weighted by molar-refractivity contribution is 6.07. The van der Waals surface area contributed by atoms with Crippen molar-refractivity contribution in [3.63, 3.8) is 0 Å². The Hall–Kier alpha value is -3.20. The fourth-order valence-electron chi connectivity index (χ4n) is 5.66. The standard InChI is InChI=1S/C26H28N4O2/c1-3-32-26(31)23-13-10-20-22(28-23)12-11-21-24(20)29-30(25(21)17-6-4-5-7-17)19-9-8-18(15-27)16(2)14-19/h8-10,13-14,17,21,25H,3-7,11-12H2,1-2H3/t21-,25-/m0/s1. The topological polar surface area (TPSA) is 78.6 Å². The minimum absolute atomic E-state index is 0.331. The minimum atomic E-state index is -0.371. The molecule has 2 aliphatic carbocycles. The molecule has 0 radical (unpaired) electrons. The van der Waals surface area contributed by atoms with Gasteiger partial charge in [-0.3, -0.25) is 5.01 Å². The van der Waals surface area contributed by atoms with Crippen molar-refractivity contribution < 1.29 is 9.53 Å². The Morgan fingerprint density at radius 2 is 2.03 bits per heavy atom. The number of ether oxygens (including phenoxy) is 1. The van der Waals surface area contributed by atoms with Crippen molar-refractivity contribution in [3.8, 4) is 6.07 Å². The summed E-state index contributed by atoms with van der Waals surface area (Å²) in [5.41, 5.74) is 6.20. The van der Waals surface area contributed by atoms with Crippen LogP contribution in [0.3, 0.4) is 0 Å². The Labute approximate surface area is 188 Å². The van der Waals surface area contributed by atoms with Crippen LogP contribution < -0.4 is 5.01 Å². The van der Waals surface area contributed by atoms with Crippen LogP contribution in [0.1, 0.15) is 71.9 Å². The van der Waals surface area contributed by atoms with Gasteiger partial charge in [-0.1, -0.05) is 12.8 Å². The lowest BCUT2D eigenvalue weighted by molar-refractivity contribution is 0.0519. The lowest BCUT2D eigenvalue weighted by Crippen LogP contribution is -2.40. The lowest BCUT2D eigenvalue weighted by Gasteiger charge is -2.34. The van der Waals surface area contributed by atoms with Crippen LogP contribution in [0.15, 0.2) is 35.4 Å². The molecule has 2 aromatic rings. The van der Waals surface area contributed by atoms with Gasteiger partial charge in [0.2, 0.25) is 0 Å². The van der Waals surface area contributed by atoms with E-state index in [0.717, 1.165) is 41.1 Å². The number of benzene rings is 1. The van der Waals surface area contributed by atoms with Gasteiger partial charge in [0, 0.05) is 11.5 Å². The SMILES string of the molecule is CCOC(=O)c1ccc2c(n1)CC[C@H]1C2=NN(c2ccc(C#N)c(C)c2)[C@H]1C1CCCC1. The van der Waals surface area contributed by atoms with Gasteiger partial charge in [0.15, 0.2) is 0 Å². The van der Waals surface area contributed by atoms with E-state index in [2.05, 4.69) is 22.1 Å². The van der Waals surface area contributed by atoms with Crippen molar-refractivity contribution in [2.75, 3.05) is 11.6 Å². The molecule has 3 aliphatic rings. The number of pyridine rings is 1. The maximum atomic E-state index is 12.2. The normalized spacial score (nSPS) is 22.2. The first-order chi connectivity index (χ1) is 15.6. The summed E-state index contributed by atoms with van der Waals surface area (Å²) in [4.78, 5) is 16.8. The molecule has 0 amide bonds. The number of aryl methyl sites for hydroxylation is 2. The van der Waals surface area contributed by atoms with Crippen LogP contribution in [0.5, 0.6) is 0 Å². The average molecular weight is 429 g/mol. The summed E-state index contributed by atoms with van der Waals surface area (Å²) in [6.07, 6.45) is 6.87. The van der Waals surface area contributed by atoms with Gasteiger partial charge in [0.25, 0.3) is 0 Å². The molecule has 32 heavy (non-hydrogen) atoms. The molecule has 2 heterocycles. The number of carbonyl (C=O) groups excluding carboxylic acids is 1. The Morgan fingerprint density at radius 1 is 1.22 bits per heavy atom. The van der Waals surface area contributed by atoms with Crippen molar-refractivity contribution in [2.45, 2.75) is 58.4 Å². The van der Waals surface area contributed by atoms with Crippen LogP contribution in [0, 0.1) is 30.1 Å². The summed E-state index contributed by atoms with van der Waals surface area (Å²) in [7, 11) is 0. The molecule has 1 fully saturated rings. The van der Waals surface area contributed by atoms with Crippen LogP contribution in [0.25, 0.3) is 0 Å². The summed E-state index contributed by atoms with van der Waals surface area (Å²) >= 11 is 0. The summed E-state index contributed by atoms with van der Waals surface area (Å²) in [5.74, 6) is 0.603. The van der Waals surface area contributed by atoms with Gasteiger partial charge in [-0.25, -0.2) is 9.78 Å². The van der Waals surface area contributed by atoms with Gasteiger partial charge < -0.3 is 4.74 Å². The van der Waals surface area contributed by atoms with Gasteiger partial charge in [-0.2, -0.15) is 10.4 Å². The molecular weight excluding hydrogens is 400 g/mol. The predicted octanol–water partition coefficient (Wildman–Crippen LogP) is 4.78. The lowest BCUT2D eigenvalue weighted by atomic mass is 9.76. The van der Waals surface area contributed by atoms with Crippen LogP contribution in [0.4, 0.5) is 5.69 Å². The predicted molar refractivity (Wildman–Crippen MR) is 123 cm³/mol. The largest absolute Gasteiger partial charge is 0.461 e. The highest BCUT2D eigenvalue weighted by Gasteiger charge is 2.46. The number of hydrazone groups is 1. The molecule has 0 saturated heterocycles.